The van der Waals surface area contributed by atoms with E-state index in [1.54, 1.807) is 7.11 Å². The normalized spacial score (nSPS) is 25.9. The summed E-state index contributed by atoms with van der Waals surface area (Å²) in [5.41, 5.74) is 2.95. The van der Waals surface area contributed by atoms with Crippen LogP contribution in [0.2, 0.25) is 0 Å². The Hall–Kier alpha value is -2.33. The molecule has 0 aromatic heterocycles. The van der Waals surface area contributed by atoms with Crippen molar-refractivity contribution in [3.63, 3.8) is 0 Å². The Morgan fingerprint density at radius 1 is 1.17 bits per heavy atom. The summed E-state index contributed by atoms with van der Waals surface area (Å²) >= 11 is 0. The molecule has 1 fully saturated rings. The van der Waals surface area contributed by atoms with Crippen LogP contribution >= 0.6 is 0 Å². The van der Waals surface area contributed by atoms with Gasteiger partial charge in [0.2, 0.25) is 5.91 Å². The van der Waals surface area contributed by atoms with Crippen molar-refractivity contribution < 1.29 is 14.8 Å². The number of carbonyl (C=O) groups is 1. The van der Waals surface area contributed by atoms with Crippen molar-refractivity contribution in [3.05, 3.63) is 59.7 Å². The van der Waals surface area contributed by atoms with Crippen molar-refractivity contribution in [2.24, 2.45) is 0 Å². The van der Waals surface area contributed by atoms with E-state index >= 15 is 0 Å². The van der Waals surface area contributed by atoms with Crippen LogP contribution in [0.4, 0.5) is 5.69 Å². The van der Waals surface area contributed by atoms with Crippen LogP contribution in [0.1, 0.15) is 23.6 Å². The van der Waals surface area contributed by atoms with Crippen molar-refractivity contribution in [1.29, 1.82) is 0 Å². The molecule has 4 nitrogen and oxygen atoms in total. The summed E-state index contributed by atoms with van der Waals surface area (Å²) in [6.07, 6.45) is 0.879. The highest BCUT2D eigenvalue weighted by atomic mass is 16.5. The van der Waals surface area contributed by atoms with Crippen molar-refractivity contribution >= 4 is 11.6 Å². The van der Waals surface area contributed by atoms with Gasteiger partial charge in [-0.15, -0.1) is 0 Å². The van der Waals surface area contributed by atoms with Crippen molar-refractivity contribution in [2.45, 2.75) is 17.9 Å². The number of rotatable bonds is 2. The van der Waals surface area contributed by atoms with Gasteiger partial charge < -0.3 is 15.0 Å². The van der Waals surface area contributed by atoms with E-state index < -0.39 is 5.41 Å². The Morgan fingerprint density at radius 3 is 2.65 bits per heavy atom. The van der Waals surface area contributed by atoms with Gasteiger partial charge in [0, 0.05) is 24.7 Å². The molecule has 4 rings (SSSR count). The van der Waals surface area contributed by atoms with Gasteiger partial charge in [0.25, 0.3) is 0 Å². The van der Waals surface area contributed by atoms with Crippen LogP contribution < -0.4 is 15.0 Å². The minimum Gasteiger partial charge on any atom is -0.497 e. The highest BCUT2D eigenvalue weighted by molar-refractivity contribution is 6.08. The molecule has 1 saturated heterocycles. The average Bonchev–Trinajstić information content (AvgIpc) is 3.13. The third-order valence-electron chi connectivity index (χ3n) is 5.38. The Labute approximate surface area is 136 Å². The number of hydrogen-bond acceptors (Lipinski definition) is 2. The maximum Gasteiger partial charge on any atom is 0.244 e. The molecule has 2 N–H and O–H groups in total. The second-order valence-electron chi connectivity index (χ2n) is 6.38. The number of fused-ring (bicyclic) bond motifs is 2. The molecule has 2 aliphatic rings. The van der Waals surface area contributed by atoms with Crippen LogP contribution in [-0.4, -0.2) is 26.6 Å². The van der Waals surface area contributed by atoms with Gasteiger partial charge in [-0.05, 0) is 35.9 Å². The fourth-order valence-corrected chi connectivity index (χ4v) is 4.28. The van der Waals surface area contributed by atoms with E-state index in [0.717, 1.165) is 24.4 Å². The van der Waals surface area contributed by atoms with Crippen molar-refractivity contribution in [3.8, 4) is 5.75 Å². The fourth-order valence-electron chi connectivity index (χ4n) is 4.28. The lowest BCUT2D eigenvalue weighted by Crippen LogP contribution is -2.83. The number of nitrogens with two attached hydrogens (primary N) is 1. The lowest BCUT2D eigenvalue weighted by molar-refractivity contribution is -0.679. The lowest BCUT2D eigenvalue weighted by Gasteiger charge is -2.27. The van der Waals surface area contributed by atoms with E-state index in [-0.39, 0.29) is 11.9 Å². The molecule has 2 aromatic rings. The van der Waals surface area contributed by atoms with Crippen LogP contribution in [0.15, 0.2) is 48.5 Å². The Morgan fingerprint density at radius 2 is 1.91 bits per heavy atom. The zero-order valence-corrected chi connectivity index (χ0v) is 13.5. The number of amides is 1. The molecule has 1 amide bonds. The SMILES string of the molecule is COc1ccc([C@H]2[NH2+]CC[C@@]23C(=O)N(C)c2ccccc23)cc1. The molecule has 4 heteroatoms. The molecular formula is C19H21N2O2+. The van der Waals surface area contributed by atoms with Crippen LogP contribution in [0.3, 0.4) is 0 Å². The summed E-state index contributed by atoms with van der Waals surface area (Å²) in [5, 5.41) is 2.30. The number of likely N-dealkylation sites (N-methyl/N-ethyl adjacent to an activating group) is 1. The highest BCUT2D eigenvalue weighted by Crippen LogP contribution is 2.50. The van der Waals surface area contributed by atoms with E-state index in [1.165, 1.54) is 11.1 Å². The quantitative estimate of drug-likeness (QED) is 0.916. The van der Waals surface area contributed by atoms with E-state index in [1.807, 2.05) is 42.3 Å². The van der Waals surface area contributed by atoms with Crippen LogP contribution in [-0.2, 0) is 10.2 Å². The highest BCUT2D eigenvalue weighted by Gasteiger charge is 2.60. The Balaban J connectivity index is 1.84. The van der Waals surface area contributed by atoms with Crippen LogP contribution in [0.5, 0.6) is 5.75 Å². The molecule has 0 aliphatic carbocycles. The lowest BCUT2D eigenvalue weighted by atomic mass is 9.73. The first-order valence-electron chi connectivity index (χ1n) is 8.03. The van der Waals surface area contributed by atoms with Crippen LogP contribution in [0.25, 0.3) is 0 Å². The van der Waals surface area contributed by atoms with Gasteiger partial charge >= 0.3 is 0 Å². The number of methoxy groups -OCH3 is 1. The summed E-state index contributed by atoms with van der Waals surface area (Å²) in [6.45, 7) is 0.963. The molecular weight excluding hydrogens is 288 g/mol. The number of hydrogen-bond donors (Lipinski definition) is 1. The van der Waals surface area contributed by atoms with Gasteiger partial charge in [-0.1, -0.05) is 18.2 Å². The average molecular weight is 309 g/mol. The van der Waals surface area contributed by atoms with E-state index in [2.05, 4.69) is 23.5 Å². The predicted octanol–water partition coefficient (Wildman–Crippen LogP) is 1.62. The molecule has 0 saturated carbocycles. The number of quaternary nitrogens is 1. The summed E-state index contributed by atoms with van der Waals surface area (Å²) in [5.74, 6) is 1.06. The first kappa shape index (κ1) is 14.3. The second kappa shape index (κ2) is 5.10. The molecule has 1 spiro atoms. The number of anilines is 1. The molecule has 2 aromatic carbocycles. The molecule has 118 valence electrons. The third-order valence-corrected chi connectivity index (χ3v) is 5.38. The number of ether oxygens (including phenoxy) is 1. The summed E-state index contributed by atoms with van der Waals surface area (Å²) in [7, 11) is 3.56. The minimum absolute atomic E-state index is 0.118. The first-order chi connectivity index (χ1) is 11.2. The third kappa shape index (κ3) is 1.85. The Bertz CT molecular complexity index is 756. The molecule has 0 bridgehead atoms. The standard InChI is InChI=1S/C19H20N2O2/c1-21-16-6-4-3-5-15(16)19(18(21)22)11-12-20-17(19)13-7-9-14(23-2)10-8-13/h3-10,17,20H,11-12H2,1-2H3/p+1/t17-,19+/m1/s1. The fraction of sp³-hybridized carbons (Fsp3) is 0.316. The van der Waals surface area contributed by atoms with Crippen molar-refractivity contribution in [2.75, 3.05) is 25.6 Å². The van der Waals surface area contributed by atoms with E-state index in [0.29, 0.717) is 0 Å². The number of nitrogens with zero attached hydrogens (tertiary/aromatic N) is 1. The maximum absolute atomic E-state index is 13.2. The Kier molecular flexibility index (Phi) is 3.16. The molecule has 0 unspecified atom stereocenters. The van der Waals surface area contributed by atoms with Gasteiger partial charge in [-0.25, -0.2) is 0 Å². The predicted molar refractivity (Wildman–Crippen MR) is 88.7 cm³/mol. The monoisotopic (exact) mass is 309 g/mol. The van der Waals surface area contributed by atoms with Gasteiger partial charge in [0.15, 0.2) is 0 Å². The van der Waals surface area contributed by atoms with Crippen molar-refractivity contribution in [1.82, 2.24) is 0 Å². The first-order valence-corrected chi connectivity index (χ1v) is 8.03. The molecule has 2 atom stereocenters. The molecule has 2 heterocycles. The number of benzene rings is 2. The van der Waals surface area contributed by atoms with E-state index in [9.17, 15) is 4.79 Å². The van der Waals surface area contributed by atoms with Crippen LogP contribution in [0, 0.1) is 0 Å². The second-order valence-corrected chi connectivity index (χ2v) is 6.38. The molecule has 2 aliphatic heterocycles. The number of carbonyl (C=O) groups excluding carboxylic acids is 1. The van der Waals surface area contributed by atoms with Gasteiger partial charge in [0.1, 0.15) is 17.2 Å². The smallest absolute Gasteiger partial charge is 0.244 e. The molecule has 23 heavy (non-hydrogen) atoms. The largest absolute Gasteiger partial charge is 0.497 e. The van der Waals surface area contributed by atoms with E-state index in [4.69, 9.17) is 4.74 Å². The van der Waals surface area contributed by atoms with Gasteiger partial charge in [0.05, 0.1) is 13.7 Å². The molecule has 0 radical (unpaired) electrons. The summed E-state index contributed by atoms with van der Waals surface area (Å²) in [4.78, 5) is 15.0. The van der Waals surface area contributed by atoms with Gasteiger partial charge in [-0.2, -0.15) is 0 Å². The zero-order valence-electron chi connectivity index (χ0n) is 13.5. The summed E-state index contributed by atoms with van der Waals surface area (Å²) in [6, 6.07) is 16.4. The summed E-state index contributed by atoms with van der Waals surface area (Å²) < 4.78 is 5.26. The topological polar surface area (TPSA) is 46.1 Å². The van der Waals surface area contributed by atoms with Gasteiger partial charge in [-0.3, -0.25) is 4.79 Å². The minimum atomic E-state index is -0.445. The zero-order chi connectivity index (χ0) is 16.0. The number of para-hydroxylation sites is 1. The maximum atomic E-state index is 13.2.